The Morgan fingerprint density at radius 3 is 2.33 bits per heavy atom. The SMILES string of the molecule is CC(C)c1ccc(CC(N)c2csc(Br)c2)cc1. The second-order valence-electron chi connectivity index (χ2n) is 4.89. The molecule has 2 aromatic rings. The van der Waals surface area contributed by atoms with Crippen molar-refractivity contribution in [2.24, 2.45) is 5.73 Å². The highest BCUT2D eigenvalue weighted by Gasteiger charge is 2.09. The highest BCUT2D eigenvalue weighted by atomic mass is 79.9. The molecule has 0 bridgehead atoms. The zero-order chi connectivity index (χ0) is 13.1. The fraction of sp³-hybridized carbons (Fsp3) is 0.333. The molecule has 2 rings (SSSR count). The predicted molar refractivity (Wildman–Crippen MR) is 83.2 cm³/mol. The van der Waals surface area contributed by atoms with Crippen LogP contribution in [-0.2, 0) is 6.42 Å². The van der Waals surface area contributed by atoms with E-state index in [1.807, 2.05) is 0 Å². The summed E-state index contributed by atoms with van der Waals surface area (Å²) in [6.07, 6.45) is 0.890. The van der Waals surface area contributed by atoms with E-state index in [2.05, 4.69) is 65.5 Å². The lowest BCUT2D eigenvalue weighted by atomic mass is 9.98. The molecule has 0 aliphatic carbocycles. The molecule has 0 aliphatic heterocycles. The minimum absolute atomic E-state index is 0.0810. The van der Waals surface area contributed by atoms with Crippen molar-refractivity contribution >= 4 is 27.3 Å². The topological polar surface area (TPSA) is 26.0 Å². The summed E-state index contributed by atoms with van der Waals surface area (Å²) in [7, 11) is 0. The Morgan fingerprint density at radius 2 is 1.83 bits per heavy atom. The van der Waals surface area contributed by atoms with Gasteiger partial charge in [-0.05, 0) is 56.4 Å². The summed E-state index contributed by atoms with van der Waals surface area (Å²) in [5.41, 5.74) is 10.1. The van der Waals surface area contributed by atoms with Crippen molar-refractivity contribution in [1.82, 2.24) is 0 Å². The zero-order valence-corrected chi connectivity index (χ0v) is 13.1. The van der Waals surface area contributed by atoms with Crippen molar-refractivity contribution in [3.63, 3.8) is 0 Å². The number of thiophene rings is 1. The smallest absolute Gasteiger partial charge is 0.0701 e. The largest absolute Gasteiger partial charge is 0.324 e. The summed E-state index contributed by atoms with van der Waals surface area (Å²) >= 11 is 5.16. The molecule has 1 aromatic carbocycles. The maximum absolute atomic E-state index is 6.22. The minimum Gasteiger partial charge on any atom is -0.324 e. The van der Waals surface area contributed by atoms with Gasteiger partial charge >= 0.3 is 0 Å². The lowest BCUT2D eigenvalue weighted by Gasteiger charge is -2.11. The number of hydrogen-bond acceptors (Lipinski definition) is 2. The summed E-state index contributed by atoms with van der Waals surface area (Å²) in [5.74, 6) is 0.584. The molecule has 0 saturated heterocycles. The Morgan fingerprint density at radius 1 is 1.17 bits per heavy atom. The van der Waals surface area contributed by atoms with E-state index in [1.165, 1.54) is 16.7 Å². The van der Waals surface area contributed by atoms with Gasteiger partial charge < -0.3 is 5.73 Å². The Kier molecular flexibility index (Phi) is 4.60. The summed E-state index contributed by atoms with van der Waals surface area (Å²) in [4.78, 5) is 0. The molecule has 0 amide bonds. The van der Waals surface area contributed by atoms with Gasteiger partial charge in [-0.1, -0.05) is 38.1 Å². The molecule has 2 N–H and O–H groups in total. The average Bonchev–Trinajstić information content (AvgIpc) is 2.76. The van der Waals surface area contributed by atoms with Crippen molar-refractivity contribution in [2.75, 3.05) is 0 Å². The van der Waals surface area contributed by atoms with E-state index >= 15 is 0 Å². The van der Waals surface area contributed by atoms with Crippen LogP contribution in [0.15, 0.2) is 39.5 Å². The number of rotatable bonds is 4. The maximum atomic E-state index is 6.22. The van der Waals surface area contributed by atoms with Gasteiger partial charge in [-0.2, -0.15) is 0 Å². The van der Waals surface area contributed by atoms with E-state index in [-0.39, 0.29) is 6.04 Å². The highest BCUT2D eigenvalue weighted by molar-refractivity contribution is 9.11. The molecule has 96 valence electrons. The monoisotopic (exact) mass is 323 g/mol. The van der Waals surface area contributed by atoms with E-state index in [4.69, 9.17) is 5.73 Å². The van der Waals surface area contributed by atoms with Crippen molar-refractivity contribution in [1.29, 1.82) is 0 Å². The van der Waals surface area contributed by atoms with Gasteiger partial charge in [0.15, 0.2) is 0 Å². The van der Waals surface area contributed by atoms with Gasteiger partial charge in [-0.15, -0.1) is 11.3 Å². The molecule has 18 heavy (non-hydrogen) atoms. The Hall–Kier alpha value is -0.640. The molecular formula is C15H18BrNS. The van der Waals surface area contributed by atoms with E-state index in [0.717, 1.165) is 10.2 Å². The van der Waals surface area contributed by atoms with Gasteiger partial charge in [-0.25, -0.2) is 0 Å². The quantitative estimate of drug-likeness (QED) is 0.852. The van der Waals surface area contributed by atoms with Crippen molar-refractivity contribution in [3.05, 3.63) is 56.2 Å². The molecule has 1 atom stereocenters. The first-order chi connectivity index (χ1) is 8.56. The zero-order valence-electron chi connectivity index (χ0n) is 10.7. The van der Waals surface area contributed by atoms with Crippen molar-refractivity contribution in [3.8, 4) is 0 Å². The fourth-order valence-corrected chi connectivity index (χ4v) is 3.17. The molecule has 1 nitrogen and oxygen atoms in total. The lowest BCUT2D eigenvalue weighted by molar-refractivity contribution is 0.724. The summed E-state index contributed by atoms with van der Waals surface area (Å²) in [6.45, 7) is 4.42. The first kappa shape index (κ1) is 13.8. The third kappa shape index (κ3) is 3.44. The van der Waals surface area contributed by atoms with Crippen LogP contribution in [0, 0.1) is 0 Å². The second kappa shape index (κ2) is 6.00. The first-order valence-electron chi connectivity index (χ1n) is 6.14. The molecule has 0 spiro atoms. The van der Waals surface area contributed by atoms with Gasteiger partial charge in [0.2, 0.25) is 0 Å². The molecule has 3 heteroatoms. The number of nitrogens with two attached hydrogens (primary N) is 1. The fourth-order valence-electron chi connectivity index (χ4n) is 1.93. The van der Waals surface area contributed by atoms with E-state index in [1.54, 1.807) is 11.3 Å². The van der Waals surface area contributed by atoms with E-state index < -0.39 is 0 Å². The van der Waals surface area contributed by atoms with Crippen LogP contribution in [0.4, 0.5) is 0 Å². The van der Waals surface area contributed by atoms with E-state index in [9.17, 15) is 0 Å². The van der Waals surface area contributed by atoms with Gasteiger partial charge in [0.25, 0.3) is 0 Å². The molecule has 1 aromatic heterocycles. The van der Waals surface area contributed by atoms with Gasteiger partial charge in [0, 0.05) is 6.04 Å². The second-order valence-corrected chi connectivity index (χ2v) is 7.18. The molecule has 0 aliphatic rings. The number of hydrogen-bond donors (Lipinski definition) is 1. The van der Waals surface area contributed by atoms with Crippen molar-refractivity contribution < 1.29 is 0 Å². The molecule has 1 heterocycles. The normalized spacial score (nSPS) is 12.9. The lowest BCUT2D eigenvalue weighted by Crippen LogP contribution is -2.12. The minimum atomic E-state index is 0.0810. The van der Waals surface area contributed by atoms with Crippen molar-refractivity contribution in [2.45, 2.75) is 32.2 Å². The van der Waals surface area contributed by atoms with Crippen LogP contribution in [0.25, 0.3) is 0 Å². The third-order valence-electron chi connectivity index (χ3n) is 3.12. The summed E-state index contributed by atoms with van der Waals surface area (Å²) in [5, 5.41) is 2.12. The maximum Gasteiger partial charge on any atom is 0.0701 e. The standard InChI is InChI=1S/C15H18BrNS/c1-10(2)12-5-3-11(4-6-12)7-14(17)13-8-15(16)18-9-13/h3-6,8-10,14H,7,17H2,1-2H3. The van der Waals surface area contributed by atoms with Gasteiger partial charge in [0.1, 0.15) is 0 Å². The van der Waals surface area contributed by atoms with Crippen LogP contribution in [0.5, 0.6) is 0 Å². The Labute approximate surface area is 121 Å². The average molecular weight is 324 g/mol. The predicted octanol–water partition coefficient (Wildman–Crippen LogP) is 4.88. The Balaban J connectivity index is 2.05. The Bertz CT molecular complexity index is 501. The summed E-state index contributed by atoms with van der Waals surface area (Å²) < 4.78 is 1.14. The van der Waals surface area contributed by atoms with Crippen LogP contribution in [0.3, 0.4) is 0 Å². The molecular weight excluding hydrogens is 306 g/mol. The summed E-state index contributed by atoms with van der Waals surface area (Å²) in [6, 6.07) is 11.0. The molecule has 0 saturated carbocycles. The van der Waals surface area contributed by atoms with Gasteiger partial charge in [0.05, 0.1) is 3.79 Å². The van der Waals surface area contributed by atoms with Crippen LogP contribution < -0.4 is 5.73 Å². The molecule has 1 unspecified atom stereocenters. The third-order valence-corrected chi connectivity index (χ3v) is 4.64. The van der Waals surface area contributed by atoms with Crippen LogP contribution in [0.2, 0.25) is 0 Å². The number of benzene rings is 1. The highest BCUT2D eigenvalue weighted by Crippen LogP contribution is 2.26. The van der Waals surface area contributed by atoms with E-state index in [0.29, 0.717) is 5.92 Å². The van der Waals surface area contributed by atoms with Crippen LogP contribution in [0.1, 0.15) is 42.5 Å². The first-order valence-corrected chi connectivity index (χ1v) is 7.82. The van der Waals surface area contributed by atoms with Gasteiger partial charge in [-0.3, -0.25) is 0 Å². The number of halogens is 1. The van der Waals surface area contributed by atoms with Crippen LogP contribution in [-0.4, -0.2) is 0 Å². The van der Waals surface area contributed by atoms with Crippen LogP contribution >= 0.6 is 27.3 Å². The molecule has 0 radical (unpaired) electrons. The molecule has 0 fully saturated rings.